The molecule has 82 valence electrons. The molecular formula is C9H8N4O3. The van der Waals surface area contributed by atoms with Crippen molar-refractivity contribution in [2.45, 2.75) is 0 Å². The molecule has 0 bridgehead atoms. The van der Waals surface area contributed by atoms with Gasteiger partial charge in [-0.15, -0.1) is 0 Å². The summed E-state index contributed by atoms with van der Waals surface area (Å²) in [5.41, 5.74) is 0.303. The molecule has 1 saturated heterocycles. The van der Waals surface area contributed by atoms with Crippen LogP contribution in [0.5, 0.6) is 0 Å². The maximum Gasteiger partial charge on any atom is 0.256 e. The Balaban J connectivity index is 2.16. The Morgan fingerprint density at radius 3 is 2.50 bits per heavy atom. The third-order valence-corrected chi connectivity index (χ3v) is 2.07. The monoisotopic (exact) mass is 220 g/mol. The number of nitrogens with zero attached hydrogens (tertiary/aromatic N) is 3. The van der Waals surface area contributed by atoms with Gasteiger partial charge >= 0.3 is 0 Å². The molecule has 2 heterocycles. The fourth-order valence-electron chi connectivity index (χ4n) is 1.38. The second-order valence-corrected chi connectivity index (χ2v) is 3.26. The molecular weight excluding hydrogens is 212 g/mol. The first kappa shape index (κ1) is 10.2. The van der Waals surface area contributed by atoms with Crippen LogP contribution in [0.3, 0.4) is 0 Å². The van der Waals surface area contributed by atoms with E-state index in [1.165, 1.54) is 18.5 Å². The highest BCUT2D eigenvalue weighted by Gasteiger charge is 2.26. The van der Waals surface area contributed by atoms with Crippen LogP contribution in [0.25, 0.3) is 0 Å². The van der Waals surface area contributed by atoms with Crippen molar-refractivity contribution in [2.24, 2.45) is 0 Å². The average Bonchev–Trinajstić information content (AvgIpc) is 2.28. The van der Waals surface area contributed by atoms with Crippen LogP contribution < -0.4 is 5.32 Å². The van der Waals surface area contributed by atoms with Gasteiger partial charge in [-0.2, -0.15) is 10.2 Å². The van der Waals surface area contributed by atoms with Crippen molar-refractivity contribution in [1.82, 2.24) is 20.4 Å². The van der Waals surface area contributed by atoms with E-state index < -0.39 is 17.7 Å². The van der Waals surface area contributed by atoms with Gasteiger partial charge in [-0.05, 0) is 6.07 Å². The molecule has 3 amide bonds. The zero-order chi connectivity index (χ0) is 11.5. The molecule has 1 aromatic heterocycles. The number of rotatable bonds is 1. The lowest BCUT2D eigenvalue weighted by Crippen LogP contribution is -2.53. The molecule has 1 fully saturated rings. The Hall–Kier alpha value is -2.31. The molecule has 0 aliphatic carbocycles. The summed E-state index contributed by atoms with van der Waals surface area (Å²) in [4.78, 5) is 35.1. The van der Waals surface area contributed by atoms with Gasteiger partial charge in [0.2, 0.25) is 11.8 Å². The van der Waals surface area contributed by atoms with E-state index in [9.17, 15) is 14.4 Å². The largest absolute Gasteiger partial charge is 0.320 e. The molecule has 0 unspecified atom stereocenters. The lowest BCUT2D eigenvalue weighted by molar-refractivity contribution is -0.135. The van der Waals surface area contributed by atoms with E-state index in [0.717, 1.165) is 4.90 Å². The van der Waals surface area contributed by atoms with E-state index in [1.54, 1.807) is 0 Å². The highest BCUT2D eigenvalue weighted by Crippen LogP contribution is 2.04. The normalized spacial score (nSPS) is 15.9. The zero-order valence-electron chi connectivity index (χ0n) is 8.21. The highest BCUT2D eigenvalue weighted by molar-refractivity contribution is 6.05. The Morgan fingerprint density at radius 1 is 1.25 bits per heavy atom. The summed E-state index contributed by atoms with van der Waals surface area (Å²) in [6.07, 6.45) is 2.67. The van der Waals surface area contributed by atoms with Gasteiger partial charge < -0.3 is 4.90 Å². The number of carbonyl (C=O) groups excluding carboxylic acids is 3. The fourth-order valence-corrected chi connectivity index (χ4v) is 1.38. The Kier molecular flexibility index (Phi) is 2.59. The van der Waals surface area contributed by atoms with E-state index in [0.29, 0.717) is 5.56 Å². The van der Waals surface area contributed by atoms with E-state index in [2.05, 4.69) is 15.5 Å². The third-order valence-electron chi connectivity index (χ3n) is 2.07. The second kappa shape index (κ2) is 4.05. The van der Waals surface area contributed by atoms with Crippen molar-refractivity contribution in [3.8, 4) is 0 Å². The van der Waals surface area contributed by atoms with Crippen LogP contribution in [-0.2, 0) is 9.59 Å². The van der Waals surface area contributed by atoms with Crippen molar-refractivity contribution in [2.75, 3.05) is 13.1 Å². The molecule has 1 N–H and O–H groups in total. The van der Waals surface area contributed by atoms with Crippen LogP contribution >= 0.6 is 0 Å². The molecule has 7 heteroatoms. The topological polar surface area (TPSA) is 92.3 Å². The van der Waals surface area contributed by atoms with Crippen LogP contribution in [0.4, 0.5) is 0 Å². The SMILES string of the molecule is O=C1CN(C(=O)c2ccnnc2)CC(=O)N1. The summed E-state index contributed by atoms with van der Waals surface area (Å²) < 4.78 is 0. The van der Waals surface area contributed by atoms with Crippen molar-refractivity contribution in [3.63, 3.8) is 0 Å². The van der Waals surface area contributed by atoms with E-state index in [1.807, 2.05) is 0 Å². The highest BCUT2D eigenvalue weighted by atomic mass is 16.2. The fraction of sp³-hybridized carbons (Fsp3) is 0.222. The van der Waals surface area contributed by atoms with Crippen molar-refractivity contribution in [1.29, 1.82) is 0 Å². The molecule has 0 radical (unpaired) electrons. The second-order valence-electron chi connectivity index (χ2n) is 3.26. The lowest BCUT2D eigenvalue weighted by Gasteiger charge is -2.25. The van der Waals surface area contributed by atoms with Gasteiger partial charge in [-0.25, -0.2) is 0 Å². The summed E-state index contributed by atoms with van der Waals surface area (Å²) in [7, 11) is 0. The van der Waals surface area contributed by atoms with Crippen LogP contribution in [0.2, 0.25) is 0 Å². The minimum Gasteiger partial charge on any atom is -0.320 e. The number of aromatic nitrogens is 2. The number of nitrogens with one attached hydrogen (secondary N) is 1. The zero-order valence-corrected chi connectivity index (χ0v) is 8.21. The van der Waals surface area contributed by atoms with E-state index in [4.69, 9.17) is 0 Å². The van der Waals surface area contributed by atoms with E-state index in [-0.39, 0.29) is 13.1 Å². The van der Waals surface area contributed by atoms with Gasteiger partial charge in [0.25, 0.3) is 5.91 Å². The number of amides is 3. The van der Waals surface area contributed by atoms with Crippen molar-refractivity contribution < 1.29 is 14.4 Å². The van der Waals surface area contributed by atoms with Gasteiger partial charge in [0.15, 0.2) is 0 Å². The lowest BCUT2D eigenvalue weighted by atomic mass is 10.2. The number of carbonyl (C=O) groups is 3. The van der Waals surface area contributed by atoms with E-state index >= 15 is 0 Å². The number of imide groups is 1. The van der Waals surface area contributed by atoms with Crippen LogP contribution in [0.15, 0.2) is 18.5 Å². The predicted octanol–water partition coefficient (Wildman–Crippen LogP) is -1.42. The quantitative estimate of drug-likeness (QED) is 0.586. The molecule has 0 spiro atoms. The Morgan fingerprint density at radius 2 is 1.94 bits per heavy atom. The smallest absolute Gasteiger partial charge is 0.256 e. The Labute approximate surface area is 90.5 Å². The maximum atomic E-state index is 11.8. The van der Waals surface area contributed by atoms with Gasteiger partial charge in [0.1, 0.15) is 13.1 Å². The molecule has 16 heavy (non-hydrogen) atoms. The first-order valence-corrected chi connectivity index (χ1v) is 4.55. The van der Waals surface area contributed by atoms with Crippen LogP contribution in [-0.4, -0.2) is 45.9 Å². The molecule has 1 aliphatic heterocycles. The van der Waals surface area contributed by atoms with Gasteiger partial charge in [0, 0.05) is 0 Å². The van der Waals surface area contributed by atoms with Crippen molar-refractivity contribution >= 4 is 17.7 Å². The summed E-state index contributed by atoms with van der Waals surface area (Å²) in [5.74, 6) is -1.36. The van der Waals surface area contributed by atoms with Crippen LogP contribution in [0.1, 0.15) is 10.4 Å². The first-order valence-electron chi connectivity index (χ1n) is 4.55. The summed E-state index contributed by atoms with van der Waals surface area (Å²) >= 11 is 0. The third kappa shape index (κ3) is 2.02. The summed E-state index contributed by atoms with van der Waals surface area (Å²) in [5, 5.41) is 9.21. The standard InChI is InChI=1S/C9H8N4O3/c14-7-4-13(5-8(15)12-7)9(16)6-1-2-10-11-3-6/h1-3H,4-5H2,(H,12,14,15). The predicted molar refractivity (Wildman–Crippen MR) is 51.1 cm³/mol. The molecule has 1 aromatic rings. The number of piperazine rings is 1. The number of hydrogen-bond acceptors (Lipinski definition) is 5. The minimum atomic E-state index is -0.480. The summed E-state index contributed by atoms with van der Waals surface area (Å²) in [6, 6.07) is 1.48. The summed E-state index contributed by atoms with van der Waals surface area (Å²) in [6.45, 7) is -0.236. The van der Waals surface area contributed by atoms with Crippen LogP contribution in [0, 0.1) is 0 Å². The Bertz CT molecular complexity index is 429. The number of hydrogen-bond donors (Lipinski definition) is 1. The van der Waals surface area contributed by atoms with Gasteiger partial charge in [-0.1, -0.05) is 0 Å². The minimum absolute atomic E-state index is 0.118. The molecule has 0 atom stereocenters. The molecule has 0 aromatic carbocycles. The molecule has 0 saturated carbocycles. The molecule has 1 aliphatic rings. The first-order chi connectivity index (χ1) is 7.66. The van der Waals surface area contributed by atoms with Crippen molar-refractivity contribution in [3.05, 3.63) is 24.0 Å². The average molecular weight is 220 g/mol. The van der Waals surface area contributed by atoms with Gasteiger partial charge in [0.05, 0.1) is 18.0 Å². The maximum absolute atomic E-state index is 11.8. The van der Waals surface area contributed by atoms with Gasteiger partial charge in [-0.3, -0.25) is 19.7 Å². The molecule has 7 nitrogen and oxygen atoms in total. The molecule has 2 rings (SSSR count).